The highest BCUT2D eigenvalue weighted by atomic mass is 16.3. The van der Waals surface area contributed by atoms with Gasteiger partial charge in [-0.05, 0) is 44.4 Å². The van der Waals surface area contributed by atoms with Gasteiger partial charge in [-0.25, -0.2) is 4.98 Å². The molecule has 0 saturated carbocycles. The average molecular weight is 311 g/mol. The first kappa shape index (κ1) is 15.8. The Hall–Kier alpha value is -2.07. The van der Waals surface area contributed by atoms with Crippen LogP contribution < -0.4 is 10.2 Å². The number of nitrogens with one attached hydrogen (secondary N) is 1. The van der Waals surface area contributed by atoms with Gasteiger partial charge in [0.15, 0.2) is 5.82 Å². The van der Waals surface area contributed by atoms with Crippen molar-refractivity contribution in [3.05, 3.63) is 53.2 Å². The number of aliphatic hydroxyl groups is 1. The van der Waals surface area contributed by atoms with Crippen LogP contribution in [0.15, 0.2) is 36.5 Å². The standard InChI is InChI=1S/C19H25N3O/c1-14-10-15(2)12-16(11-14)13-21-18-4-3-7-20-19(18)22-8-5-17(23)6-9-22/h3-4,7,10-12,17,21,23H,5-6,8-9,13H2,1-2H3. The molecule has 0 bridgehead atoms. The maximum Gasteiger partial charge on any atom is 0.151 e. The number of hydrogen-bond acceptors (Lipinski definition) is 4. The monoisotopic (exact) mass is 311 g/mol. The molecule has 23 heavy (non-hydrogen) atoms. The minimum atomic E-state index is -0.165. The first-order valence-electron chi connectivity index (χ1n) is 8.31. The van der Waals surface area contributed by atoms with Crippen molar-refractivity contribution in [2.24, 2.45) is 0 Å². The summed E-state index contributed by atoms with van der Waals surface area (Å²) in [5.74, 6) is 0.990. The average Bonchev–Trinajstić information content (AvgIpc) is 2.53. The second kappa shape index (κ2) is 7.01. The fourth-order valence-corrected chi connectivity index (χ4v) is 3.23. The lowest BCUT2D eigenvalue weighted by Gasteiger charge is -2.31. The van der Waals surface area contributed by atoms with Gasteiger partial charge in [0.25, 0.3) is 0 Å². The highest BCUT2D eigenvalue weighted by Gasteiger charge is 2.20. The molecule has 0 atom stereocenters. The smallest absolute Gasteiger partial charge is 0.151 e. The van der Waals surface area contributed by atoms with Crippen LogP contribution in [-0.2, 0) is 6.54 Å². The minimum Gasteiger partial charge on any atom is -0.393 e. The summed E-state index contributed by atoms with van der Waals surface area (Å²) in [4.78, 5) is 6.82. The van der Waals surface area contributed by atoms with Crippen molar-refractivity contribution in [1.82, 2.24) is 4.98 Å². The van der Waals surface area contributed by atoms with E-state index in [1.807, 2.05) is 12.3 Å². The summed E-state index contributed by atoms with van der Waals surface area (Å²) in [5.41, 5.74) is 4.92. The number of nitrogens with zero attached hydrogens (tertiary/aromatic N) is 2. The molecule has 4 heteroatoms. The Morgan fingerprint density at radius 1 is 1.17 bits per heavy atom. The predicted octanol–water partition coefficient (Wildman–Crippen LogP) is 3.27. The third-order valence-corrected chi connectivity index (χ3v) is 4.32. The number of rotatable bonds is 4. The second-order valence-corrected chi connectivity index (χ2v) is 6.44. The maximum atomic E-state index is 9.68. The summed E-state index contributed by atoms with van der Waals surface area (Å²) >= 11 is 0. The molecule has 0 aliphatic carbocycles. The van der Waals surface area contributed by atoms with Crippen LogP contribution in [0, 0.1) is 13.8 Å². The Morgan fingerprint density at radius 2 is 1.87 bits per heavy atom. The molecule has 2 heterocycles. The zero-order valence-electron chi connectivity index (χ0n) is 13.9. The van der Waals surface area contributed by atoms with Gasteiger partial charge in [0, 0.05) is 25.8 Å². The van der Waals surface area contributed by atoms with E-state index >= 15 is 0 Å². The summed E-state index contributed by atoms with van der Waals surface area (Å²) in [6.45, 7) is 6.76. The maximum absolute atomic E-state index is 9.68. The summed E-state index contributed by atoms with van der Waals surface area (Å²) in [5, 5.41) is 13.2. The van der Waals surface area contributed by atoms with Crippen molar-refractivity contribution in [1.29, 1.82) is 0 Å². The van der Waals surface area contributed by atoms with E-state index in [4.69, 9.17) is 0 Å². The molecule has 4 nitrogen and oxygen atoms in total. The molecule has 1 aromatic heterocycles. The van der Waals surface area contributed by atoms with Gasteiger partial charge < -0.3 is 15.3 Å². The molecular weight excluding hydrogens is 286 g/mol. The fourth-order valence-electron chi connectivity index (χ4n) is 3.23. The largest absolute Gasteiger partial charge is 0.393 e. The summed E-state index contributed by atoms with van der Waals surface area (Å²) < 4.78 is 0. The van der Waals surface area contributed by atoms with E-state index in [-0.39, 0.29) is 6.10 Å². The molecule has 1 aliphatic heterocycles. The quantitative estimate of drug-likeness (QED) is 0.910. The topological polar surface area (TPSA) is 48.4 Å². The number of anilines is 2. The highest BCUT2D eigenvalue weighted by Crippen LogP contribution is 2.26. The lowest BCUT2D eigenvalue weighted by Crippen LogP contribution is -2.36. The van der Waals surface area contributed by atoms with E-state index < -0.39 is 0 Å². The molecule has 1 aromatic carbocycles. The number of aryl methyl sites for hydroxylation is 2. The Morgan fingerprint density at radius 3 is 2.57 bits per heavy atom. The van der Waals surface area contributed by atoms with Gasteiger partial charge in [-0.15, -0.1) is 0 Å². The molecule has 1 fully saturated rings. The predicted molar refractivity (Wildman–Crippen MR) is 94.9 cm³/mol. The van der Waals surface area contributed by atoms with Crippen LogP contribution in [0.3, 0.4) is 0 Å². The van der Waals surface area contributed by atoms with Gasteiger partial charge in [-0.2, -0.15) is 0 Å². The van der Waals surface area contributed by atoms with Crippen LogP contribution in [0.1, 0.15) is 29.5 Å². The van der Waals surface area contributed by atoms with Crippen LogP contribution in [-0.4, -0.2) is 29.3 Å². The Kier molecular flexibility index (Phi) is 4.82. The molecule has 2 aromatic rings. The second-order valence-electron chi connectivity index (χ2n) is 6.44. The molecule has 0 unspecified atom stereocenters. The zero-order valence-corrected chi connectivity index (χ0v) is 13.9. The van der Waals surface area contributed by atoms with E-state index in [2.05, 4.69) is 53.3 Å². The van der Waals surface area contributed by atoms with Crippen LogP contribution >= 0.6 is 0 Å². The third-order valence-electron chi connectivity index (χ3n) is 4.32. The fraction of sp³-hybridized carbons (Fsp3) is 0.421. The molecule has 0 radical (unpaired) electrons. The molecular formula is C19H25N3O. The number of piperidine rings is 1. The number of aliphatic hydroxyl groups excluding tert-OH is 1. The van der Waals surface area contributed by atoms with Gasteiger partial charge in [0.1, 0.15) is 0 Å². The van der Waals surface area contributed by atoms with Gasteiger partial charge in [-0.3, -0.25) is 0 Å². The van der Waals surface area contributed by atoms with Gasteiger partial charge in [-0.1, -0.05) is 29.3 Å². The summed E-state index contributed by atoms with van der Waals surface area (Å²) in [7, 11) is 0. The number of pyridine rings is 1. The zero-order chi connectivity index (χ0) is 16.2. The number of hydrogen-bond donors (Lipinski definition) is 2. The van der Waals surface area contributed by atoms with E-state index in [0.29, 0.717) is 0 Å². The van der Waals surface area contributed by atoms with Crippen LogP contribution in [0.5, 0.6) is 0 Å². The molecule has 122 valence electrons. The molecule has 0 amide bonds. The van der Waals surface area contributed by atoms with Crippen molar-refractivity contribution < 1.29 is 5.11 Å². The van der Waals surface area contributed by atoms with Crippen LogP contribution in [0.2, 0.25) is 0 Å². The van der Waals surface area contributed by atoms with Crippen molar-refractivity contribution in [2.75, 3.05) is 23.3 Å². The van der Waals surface area contributed by atoms with Crippen molar-refractivity contribution in [3.8, 4) is 0 Å². The van der Waals surface area contributed by atoms with E-state index in [1.54, 1.807) is 0 Å². The number of benzene rings is 1. The molecule has 0 spiro atoms. The van der Waals surface area contributed by atoms with Gasteiger partial charge in [0.05, 0.1) is 11.8 Å². The minimum absolute atomic E-state index is 0.165. The normalized spacial score (nSPS) is 15.7. The lowest BCUT2D eigenvalue weighted by atomic mass is 10.1. The number of aromatic nitrogens is 1. The SMILES string of the molecule is Cc1cc(C)cc(CNc2cccnc2N2CCC(O)CC2)c1. The Balaban J connectivity index is 1.73. The van der Waals surface area contributed by atoms with Crippen LogP contribution in [0.25, 0.3) is 0 Å². The highest BCUT2D eigenvalue weighted by molar-refractivity contribution is 5.65. The van der Waals surface area contributed by atoms with Gasteiger partial charge in [0.2, 0.25) is 0 Å². The van der Waals surface area contributed by atoms with Crippen molar-refractivity contribution in [3.63, 3.8) is 0 Å². The Bertz CT molecular complexity index is 643. The van der Waals surface area contributed by atoms with E-state index in [0.717, 1.165) is 44.0 Å². The first-order valence-corrected chi connectivity index (χ1v) is 8.31. The van der Waals surface area contributed by atoms with Crippen LogP contribution in [0.4, 0.5) is 11.5 Å². The van der Waals surface area contributed by atoms with Crippen molar-refractivity contribution in [2.45, 2.75) is 39.3 Å². The molecule has 1 saturated heterocycles. The lowest BCUT2D eigenvalue weighted by molar-refractivity contribution is 0.145. The van der Waals surface area contributed by atoms with Crippen molar-refractivity contribution >= 4 is 11.5 Å². The molecule has 1 aliphatic rings. The van der Waals surface area contributed by atoms with E-state index in [9.17, 15) is 5.11 Å². The molecule has 3 rings (SSSR count). The summed E-state index contributed by atoms with van der Waals surface area (Å²) in [6.07, 6.45) is 3.30. The van der Waals surface area contributed by atoms with Gasteiger partial charge >= 0.3 is 0 Å². The Labute approximate surface area is 138 Å². The van der Waals surface area contributed by atoms with E-state index in [1.165, 1.54) is 16.7 Å². The molecule has 2 N–H and O–H groups in total. The first-order chi connectivity index (χ1) is 11.1. The summed E-state index contributed by atoms with van der Waals surface area (Å²) in [6, 6.07) is 10.7. The third kappa shape index (κ3) is 4.02.